The quantitative estimate of drug-likeness (QED) is 0.0611. The fraction of sp³-hybridized carbons (Fsp3) is 0.559. The van der Waals surface area contributed by atoms with Crippen LogP contribution in [-0.4, -0.2) is 73.7 Å². The third kappa shape index (κ3) is 18.9. The number of fused-ring (bicyclic) bond motifs is 1. The molecule has 0 amide bonds. The molecule has 0 aliphatic rings. The van der Waals surface area contributed by atoms with Gasteiger partial charge in [-0.3, -0.25) is 14.4 Å². The maximum absolute atomic E-state index is 12.5. The van der Waals surface area contributed by atoms with Gasteiger partial charge in [-0.05, 0) is 61.8 Å². The van der Waals surface area contributed by atoms with E-state index in [1.807, 2.05) is 36.4 Å². The van der Waals surface area contributed by atoms with Crippen molar-refractivity contribution in [1.29, 1.82) is 0 Å². The number of ether oxygens (including phenoxy) is 4. The Kier molecular flexibility index (Phi) is 25.2. The zero-order chi connectivity index (χ0) is 31.1. The van der Waals surface area contributed by atoms with Crippen molar-refractivity contribution >= 4 is 34.6 Å². The maximum Gasteiger partial charge on any atom is 1.00 e. The van der Waals surface area contributed by atoms with Gasteiger partial charge in [0.1, 0.15) is 19.8 Å². The number of aliphatic hydroxyl groups excluding tert-OH is 2. The molecule has 10 nitrogen and oxygen atoms in total. The summed E-state index contributed by atoms with van der Waals surface area (Å²) in [4.78, 5) is 48.9. The van der Waals surface area contributed by atoms with Crippen molar-refractivity contribution in [3.8, 4) is 0 Å². The second kappa shape index (κ2) is 26.7. The van der Waals surface area contributed by atoms with E-state index in [2.05, 4.69) is 0 Å². The fourth-order valence-corrected chi connectivity index (χ4v) is 4.30. The number of carbonyl (C=O) groups excluding carboxylic acids is 4. The number of unbranched alkanes of at least 4 members (excludes halogenated alkanes) is 6. The second-order valence-corrected chi connectivity index (χ2v) is 10.5. The van der Waals surface area contributed by atoms with Crippen molar-refractivity contribution < 1.29 is 77.9 Å². The van der Waals surface area contributed by atoms with Crippen LogP contribution in [0.5, 0.6) is 0 Å². The van der Waals surface area contributed by atoms with Crippen molar-refractivity contribution in [2.24, 2.45) is 5.92 Å². The number of aliphatic hydroxyl groups is 2. The van der Waals surface area contributed by atoms with Gasteiger partial charge in [0, 0.05) is 32.5 Å². The molecule has 246 valence electrons. The predicted molar refractivity (Wildman–Crippen MR) is 167 cm³/mol. The Morgan fingerprint density at radius 2 is 1.04 bits per heavy atom. The molecule has 2 N–H and O–H groups in total. The minimum atomic E-state index is -0.500. The van der Waals surface area contributed by atoms with Crippen LogP contribution in [0.1, 0.15) is 87.4 Å². The van der Waals surface area contributed by atoms with Gasteiger partial charge in [0.15, 0.2) is 0 Å². The number of carbonyl (C=O) groups is 4. The SMILES string of the molecule is O=C(CCCCCO)OCC(COC(=O)CCCCCO)COC(=O)CCCCCOC(=O)c1cccc2ccccc12.[CH3-].[Na+]. The molecule has 2 rings (SSSR count). The van der Waals surface area contributed by atoms with Gasteiger partial charge in [0.25, 0.3) is 0 Å². The second-order valence-electron chi connectivity index (χ2n) is 10.5. The molecule has 0 radical (unpaired) electrons. The van der Waals surface area contributed by atoms with Gasteiger partial charge in [-0.2, -0.15) is 0 Å². The van der Waals surface area contributed by atoms with E-state index in [1.54, 1.807) is 6.07 Å². The monoisotopic (exact) mass is 640 g/mol. The van der Waals surface area contributed by atoms with Gasteiger partial charge in [-0.25, -0.2) is 4.79 Å². The fourth-order valence-electron chi connectivity index (χ4n) is 4.30. The van der Waals surface area contributed by atoms with E-state index in [4.69, 9.17) is 29.2 Å². The van der Waals surface area contributed by atoms with Crippen LogP contribution in [-0.2, 0) is 33.3 Å². The van der Waals surface area contributed by atoms with E-state index in [9.17, 15) is 19.2 Å². The Bertz CT molecular complexity index is 1090. The summed E-state index contributed by atoms with van der Waals surface area (Å²) in [6.45, 7) is 0.241. The van der Waals surface area contributed by atoms with Crippen molar-refractivity contribution in [2.75, 3.05) is 39.6 Å². The summed E-state index contributed by atoms with van der Waals surface area (Å²) in [5.41, 5.74) is 0.524. The summed E-state index contributed by atoms with van der Waals surface area (Å²) < 4.78 is 21.4. The molecule has 0 spiro atoms. The molecule has 45 heavy (non-hydrogen) atoms. The van der Waals surface area contributed by atoms with Crippen LogP contribution in [0.3, 0.4) is 0 Å². The molecule has 2 aromatic rings. The number of hydrogen-bond donors (Lipinski definition) is 2. The third-order valence-corrected chi connectivity index (χ3v) is 6.79. The summed E-state index contributed by atoms with van der Waals surface area (Å²) in [6.07, 6.45) is 6.32. The molecule has 0 saturated heterocycles. The number of benzene rings is 2. The standard InChI is InChI=1S/C33H46O10.CH3.Na/c34-20-9-1-4-17-30(36)41-23-26(24-42-31(37)18-5-2-10-21-35)25-43-32(38)19-6-3-11-22-40-33(39)29-16-12-14-27-13-7-8-15-28(27)29;;/h7-8,12-16,26,34-35H,1-6,9-11,17-25H2;1H3;/q;-1;+1. The molecular weight excluding hydrogens is 591 g/mol. The maximum atomic E-state index is 12.5. The summed E-state index contributed by atoms with van der Waals surface area (Å²) >= 11 is 0. The Labute approximate surface area is 289 Å². The van der Waals surface area contributed by atoms with Crippen LogP contribution < -0.4 is 29.6 Å². The van der Waals surface area contributed by atoms with Crippen molar-refractivity contribution in [2.45, 2.75) is 77.0 Å². The largest absolute Gasteiger partial charge is 1.00 e. The molecule has 0 atom stereocenters. The summed E-state index contributed by atoms with van der Waals surface area (Å²) in [5, 5.41) is 19.5. The first-order valence-corrected chi connectivity index (χ1v) is 15.3. The number of esters is 4. The molecule has 2 aromatic carbocycles. The van der Waals surface area contributed by atoms with E-state index in [-0.39, 0.29) is 102 Å². The predicted octanol–water partition coefficient (Wildman–Crippen LogP) is 2.36. The molecule has 0 unspecified atom stereocenters. The van der Waals surface area contributed by atoms with Gasteiger partial charge >= 0.3 is 53.4 Å². The Balaban J connectivity index is 0.00000968. The van der Waals surface area contributed by atoms with Gasteiger partial charge in [-0.1, -0.05) is 49.2 Å². The van der Waals surface area contributed by atoms with E-state index < -0.39 is 23.8 Å². The molecular formula is C34H49NaO10. The Morgan fingerprint density at radius 3 is 1.56 bits per heavy atom. The molecule has 0 saturated carbocycles. The van der Waals surface area contributed by atoms with Crippen LogP contribution >= 0.6 is 0 Å². The first-order chi connectivity index (χ1) is 20.9. The molecule has 11 heteroatoms. The Hall–Kier alpha value is -2.50. The zero-order valence-electron chi connectivity index (χ0n) is 27.0. The van der Waals surface area contributed by atoms with Crippen LogP contribution in [0.2, 0.25) is 0 Å². The van der Waals surface area contributed by atoms with Gasteiger partial charge < -0.3 is 36.6 Å². The van der Waals surface area contributed by atoms with Crippen LogP contribution in [0, 0.1) is 13.3 Å². The smallest absolute Gasteiger partial charge is 0.465 e. The number of hydrogen-bond acceptors (Lipinski definition) is 10. The van der Waals surface area contributed by atoms with Crippen LogP contribution in [0.25, 0.3) is 10.8 Å². The normalized spacial score (nSPS) is 10.5. The van der Waals surface area contributed by atoms with Crippen LogP contribution in [0.15, 0.2) is 42.5 Å². The van der Waals surface area contributed by atoms with Crippen molar-refractivity contribution in [1.82, 2.24) is 0 Å². The first kappa shape index (κ1) is 42.5. The average molecular weight is 641 g/mol. The van der Waals surface area contributed by atoms with Crippen LogP contribution in [0.4, 0.5) is 0 Å². The van der Waals surface area contributed by atoms with Gasteiger partial charge in [-0.15, -0.1) is 0 Å². The van der Waals surface area contributed by atoms with E-state index >= 15 is 0 Å². The summed E-state index contributed by atoms with van der Waals surface area (Å²) in [6, 6.07) is 13.1. The molecule has 0 fully saturated rings. The van der Waals surface area contributed by atoms with Gasteiger partial charge in [0.2, 0.25) is 0 Å². The van der Waals surface area contributed by atoms with Crippen molar-refractivity contribution in [3.05, 3.63) is 55.5 Å². The molecule has 0 aliphatic heterocycles. The van der Waals surface area contributed by atoms with E-state index in [0.29, 0.717) is 63.4 Å². The topological polar surface area (TPSA) is 146 Å². The molecule has 0 aliphatic carbocycles. The Morgan fingerprint density at radius 1 is 0.578 bits per heavy atom. The summed E-state index contributed by atoms with van der Waals surface area (Å²) in [5.74, 6) is -2.08. The number of rotatable bonds is 23. The third-order valence-electron chi connectivity index (χ3n) is 6.79. The van der Waals surface area contributed by atoms with Crippen molar-refractivity contribution in [3.63, 3.8) is 0 Å². The van der Waals surface area contributed by atoms with E-state index in [0.717, 1.165) is 10.8 Å². The minimum Gasteiger partial charge on any atom is -0.465 e. The summed E-state index contributed by atoms with van der Waals surface area (Å²) in [7, 11) is 0. The average Bonchev–Trinajstić information content (AvgIpc) is 3.02. The van der Waals surface area contributed by atoms with E-state index in [1.165, 1.54) is 0 Å². The molecule has 0 aromatic heterocycles. The first-order valence-electron chi connectivity index (χ1n) is 15.3. The zero-order valence-corrected chi connectivity index (χ0v) is 29.0. The molecule has 0 heterocycles. The van der Waals surface area contributed by atoms with Gasteiger partial charge in [0.05, 0.1) is 18.1 Å². The minimum absolute atomic E-state index is 0. The molecule has 0 bridgehead atoms.